The SMILES string of the molecule is CN(CC(=O)Nc1ccccc1Cl)Cn1nnn(-c2ccccc2)c1=S. The van der Waals surface area contributed by atoms with Crippen LogP contribution in [0.3, 0.4) is 0 Å². The van der Waals surface area contributed by atoms with E-state index < -0.39 is 0 Å². The van der Waals surface area contributed by atoms with Crippen molar-refractivity contribution >= 4 is 35.4 Å². The molecule has 0 atom stereocenters. The quantitative estimate of drug-likeness (QED) is 0.657. The van der Waals surface area contributed by atoms with Crippen LogP contribution in [0.2, 0.25) is 5.02 Å². The van der Waals surface area contributed by atoms with E-state index in [0.717, 1.165) is 5.69 Å². The molecule has 0 saturated heterocycles. The predicted octanol–water partition coefficient (Wildman–Crippen LogP) is 2.98. The van der Waals surface area contributed by atoms with Crippen LogP contribution in [0.15, 0.2) is 54.6 Å². The summed E-state index contributed by atoms with van der Waals surface area (Å²) >= 11 is 11.5. The second-order valence-corrected chi connectivity index (χ2v) is 6.46. The summed E-state index contributed by atoms with van der Waals surface area (Å²) in [4.78, 5) is 14.0. The summed E-state index contributed by atoms with van der Waals surface area (Å²) in [5.41, 5.74) is 1.42. The third kappa shape index (κ3) is 4.34. The molecule has 1 amide bonds. The van der Waals surface area contributed by atoms with Gasteiger partial charge in [-0.1, -0.05) is 41.9 Å². The molecule has 3 rings (SSSR count). The largest absolute Gasteiger partial charge is 0.324 e. The number of carbonyl (C=O) groups is 1. The molecule has 0 unspecified atom stereocenters. The number of hydrogen-bond acceptors (Lipinski definition) is 5. The number of carbonyl (C=O) groups excluding carboxylic acids is 1. The van der Waals surface area contributed by atoms with Gasteiger partial charge >= 0.3 is 0 Å². The van der Waals surface area contributed by atoms with E-state index in [2.05, 4.69) is 15.7 Å². The zero-order valence-electron chi connectivity index (χ0n) is 14.0. The smallest absolute Gasteiger partial charge is 0.238 e. The molecule has 0 bridgehead atoms. The van der Waals surface area contributed by atoms with Crippen LogP contribution >= 0.6 is 23.8 Å². The van der Waals surface area contributed by atoms with E-state index >= 15 is 0 Å². The second kappa shape index (κ2) is 8.22. The number of anilines is 1. The number of nitrogens with zero attached hydrogens (tertiary/aromatic N) is 5. The predicted molar refractivity (Wildman–Crippen MR) is 103 cm³/mol. The summed E-state index contributed by atoms with van der Waals surface area (Å²) in [5, 5.41) is 11.4. The lowest BCUT2D eigenvalue weighted by Crippen LogP contribution is -2.32. The number of aromatic nitrogens is 4. The highest BCUT2D eigenvalue weighted by Crippen LogP contribution is 2.20. The van der Waals surface area contributed by atoms with Gasteiger partial charge in [0.25, 0.3) is 0 Å². The van der Waals surface area contributed by atoms with Gasteiger partial charge in [-0.2, -0.15) is 4.68 Å². The highest BCUT2D eigenvalue weighted by molar-refractivity contribution is 7.71. The number of amides is 1. The molecule has 1 aromatic heterocycles. The lowest BCUT2D eigenvalue weighted by Gasteiger charge is -2.16. The molecule has 0 saturated carbocycles. The van der Waals surface area contributed by atoms with Gasteiger partial charge in [0.05, 0.1) is 29.6 Å². The van der Waals surface area contributed by atoms with Crippen molar-refractivity contribution < 1.29 is 4.79 Å². The zero-order valence-corrected chi connectivity index (χ0v) is 15.6. The fraction of sp³-hybridized carbons (Fsp3) is 0.176. The van der Waals surface area contributed by atoms with Crippen molar-refractivity contribution in [3.63, 3.8) is 0 Å². The minimum Gasteiger partial charge on any atom is -0.324 e. The van der Waals surface area contributed by atoms with Crippen LogP contribution in [0.25, 0.3) is 5.69 Å². The summed E-state index contributed by atoms with van der Waals surface area (Å²) in [7, 11) is 1.80. The van der Waals surface area contributed by atoms with Crippen molar-refractivity contribution in [2.24, 2.45) is 0 Å². The number of hydrogen-bond donors (Lipinski definition) is 1. The number of rotatable bonds is 6. The molecular formula is C17H17ClN6OS. The summed E-state index contributed by atoms with van der Waals surface area (Å²) in [6.45, 7) is 0.493. The molecule has 0 aliphatic heterocycles. The Labute approximate surface area is 160 Å². The molecule has 3 aromatic rings. The first-order valence-electron chi connectivity index (χ1n) is 7.86. The molecule has 0 aliphatic rings. The first-order chi connectivity index (χ1) is 12.5. The van der Waals surface area contributed by atoms with Gasteiger partial charge in [-0.3, -0.25) is 9.69 Å². The Balaban J connectivity index is 1.63. The monoisotopic (exact) mass is 388 g/mol. The Kier molecular flexibility index (Phi) is 5.77. The summed E-state index contributed by atoms with van der Waals surface area (Å²) in [6.07, 6.45) is 0. The van der Waals surface area contributed by atoms with E-state index in [9.17, 15) is 4.79 Å². The van der Waals surface area contributed by atoms with Crippen LogP contribution in [-0.2, 0) is 11.5 Å². The molecule has 134 valence electrons. The molecule has 0 aliphatic carbocycles. The first-order valence-corrected chi connectivity index (χ1v) is 8.64. The van der Waals surface area contributed by atoms with Gasteiger partial charge in [0.1, 0.15) is 0 Å². The van der Waals surface area contributed by atoms with Gasteiger partial charge in [-0.05, 0) is 54.0 Å². The topological polar surface area (TPSA) is 68.0 Å². The van der Waals surface area contributed by atoms with E-state index in [1.54, 1.807) is 33.4 Å². The average molecular weight is 389 g/mol. The molecular weight excluding hydrogens is 372 g/mol. The van der Waals surface area contributed by atoms with E-state index in [0.29, 0.717) is 22.1 Å². The van der Waals surface area contributed by atoms with Crippen molar-refractivity contribution in [1.29, 1.82) is 0 Å². The number of para-hydroxylation sites is 2. The van der Waals surface area contributed by atoms with Crippen molar-refractivity contribution in [1.82, 2.24) is 24.7 Å². The van der Waals surface area contributed by atoms with Crippen molar-refractivity contribution in [2.45, 2.75) is 6.67 Å². The Morgan fingerprint density at radius 3 is 2.58 bits per heavy atom. The standard InChI is InChI=1S/C17H17ClN6OS/c1-22(11-16(25)19-15-10-6-5-9-14(15)18)12-23-17(26)24(21-20-23)13-7-3-2-4-8-13/h2-10H,11-12H2,1H3,(H,19,25). The van der Waals surface area contributed by atoms with E-state index in [1.807, 2.05) is 42.5 Å². The molecule has 0 radical (unpaired) electrons. The third-order valence-corrected chi connectivity index (χ3v) is 4.29. The van der Waals surface area contributed by atoms with E-state index in [1.165, 1.54) is 0 Å². The minimum absolute atomic E-state index is 0.158. The fourth-order valence-electron chi connectivity index (χ4n) is 2.37. The van der Waals surface area contributed by atoms with Crippen LogP contribution < -0.4 is 5.32 Å². The Bertz CT molecular complexity index is 955. The number of halogens is 1. The number of benzene rings is 2. The van der Waals surface area contributed by atoms with Gasteiger partial charge < -0.3 is 5.32 Å². The lowest BCUT2D eigenvalue weighted by atomic mass is 10.3. The average Bonchev–Trinajstić information content (AvgIpc) is 2.98. The number of nitrogens with one attached hydrogen (secondary N) is 1. The number of likely N-dealkylation sites (N-methyl/N-ethyl adjacent to an activating group) is 1. The molecule has 1 N–H and O–H groups in total. The number of tetrazole rings is 1. The summed E-state index contributed by atoms with van der Waals surface area (Å²) in [6, 6.07) is 16.6. The Hall–Kier alpha value is -2.55. The van der Waals surface area contributed by atoms with Crippen LogP contribution in [0.5, 0.6) is 0 Å². The van der Waals surface area contributed by atoms with Crippen molar-refractivity contribution in [3.05, 3.63) is 64.4 Å². The van der Waals surface area contributed by atoms with E-state index in [4.69, 9.17) is 23.8 Å². The van der Waals surface area contributed by atoms with Crippen molar-refractivity contribution in [3.8, 4) is 5.69 Å². The highest BCUT2D eigenvalue weighted by Gasteiger charge is 2.12. The van der Waals surface area contributed by atoms with Gasteiger partial charge in [0.15, 0.2) is 0 Å². The maximum atomic E-state index is 12.2. The Morgan fingerprint density at radius 1 is 1.15 bits per heavy atom. The van der Waals surface area contributed by atoms with Crippen LogP contribution in [-0.4, -0.2) is 44.2 Å². The maximum Gasteiger partial charge on any atom is 0.238 e. The molecule has 2 aromatic carbocycles. The van der Waals surface area contributed by atoms with E-state index in [-0.39, 0.29) is 12.5 Å². The molecule has 9 heteroatoms. The van der Waals surface area contributed by atoms with Gasteiger partial charge in [0.2, 0.25) is 10.7 Å². The third-order valence-electron chi connectivity index (χ3n) is 3.58. The van der Waals surface area contributed by atoms with Gasteiger partial charge in [-0.25, -0.2) is 4.68 Å². The molecule has 0 spiro atoms. The van der Waals surface area contributed by atoms with Gasteiger partial charge in [0, 0.05) is 0 Å². The second-order valence-electron chi connectivity index (χ2n) is 5.69. The molecule has 26 heavy (non-hydrogen) atoms. The highest BCUT2D eigenvalue weighted by atomic mass is 35.5. The Morgan fingerprint density at radius 2 is 1.85 bits per heavy atom. The van der Waals surface area contributed by atoms with Crippen LogP contribution in [0.4, 0.5) is 5.69 Å². The minimum atomic E-state index is -0.178. The fourth-order valence-corrected chi connectivity index (χ4v) is 2.79. The summed E-state index contributed by atoms with van der Waals surface area (Å²) < 4.78 is 3.59. The summed E-state index contributed by atoms with van der Waals surface area (Å²) in [5.74, 6) is -0.178. The van der Waals surface area contributed by atoms with Crippen LogP contribution in [0.1, 0.15) is 0 Å². The normalized spacial score (nSPS) is 10.9. The maximum absolute atomic E-state index is 12.2. The first kappa shape index (κ1) is 18.2. The van der Waals surface area contributed by atoms with Crippen molar-refractivity contribution in [2.75, 3.05) is 18.9 Å². The molecule has 0 fully saturated rings. The van der Waals surface area contributed by atoms with Gasteiger partial charge in [-0.15, -0.1) is 0 Å². The molecule has 1 heterocycles. The molecule has 7 nitrogen and oxygen atoms in total. The van der Waals surface area contributed by atoms with Crippen LogP contribution in [0, 0.1) is 4.77 Å². The lowest BCUT2D eigenvalue weighted by molar-refractivity contribution is -0.117. The zero-order chi connectivity index (χ0) is 18.5.